The van der Waals surface area contributed by atoms with E-state index in [1.165, 1.54) is 4.90 Å². The number of hydrogen-bond donors (Lipinski definition) is 0. The summed E-state index contributed by atoms with van der Waals surface area (Å²) in [4.78, 5) is 58.9. The van der Waals surface area contributed by atoms with Crippen molar-refractivity contribution in [3.05, 3.63) is 35.4 Å². The quantitative estimate of drug-likeness (QED) is 0.608. The SMILES string of the molecule is Cc1ccccc1C1(CC(=O)N2CCC(C(=O)N3CCCC3)CC2)CC(=O)N(C2CCCC2)C1=O. The van der Waals surface area contributed by atoms with E-state index >= 15 is 0 Å². The maximum Gasteiger partial charge on any atom is 0.241 e. The Morgan fingerprint density at radius 2 is 1.54 bits per heavy atom. The van der Waals surface area contributed by atoms with E-state index in [2.05, 4.69) is 0 Å². The zero-order valence-electron chi connectivity index (χ0n) is 20.8. The van der Waals surface area contributed by atoms with E-state index in [0.717, 1.165) is 62.7 Å². The van der Waals surface area contributed by atoms with Crippen LogP contribution in [-0.2, 0) is 24.6 Å². The minimum atomic E-state index is -1.13. The Morgan fingerprint density at radius 1 is 0.886 bits per heavy atom. The van der Waals surface area contributed by atoms with Crippen LogP contribution in [0.3, 0.4) is 0 Å². The van der Waals surface area contributed by atoms with Crippen LogP contribution in [0.25, 0.3) is 0 Å². The number of nitrogens with zero attached hydrogens (tertiary/aromatic N) is 3. The van der Waals surface area contributed by atoms with Gasteiger partial charge >= 0.3 is 0 Å². The maximum atomic E-state index is 14.0. The summed E-state index contributed by atoms with van der Waals surface area (Å²) in [7, 11) is 0. The number of hydrogen-bond acceptors (Lipinski definition) is 4. The molecular formula is C28H37N3O4. The van der Waals surface area contributed by atoms with Crippen LogP contribution < -0.4 is 0 Å². The molecule has 0 aromatic heterocycles. The fraction of sp³-hybridized carbons (Fsp3) is 0.643. The lowest BCUT2D eigenvalue weighted by Gasteiger charge is -2.36. The molecule has 1 saturated carbocycles. The molecule has 4 aliphatic rings. The normalized spacial score (nSPS) is 26.3. The van der Waals surface area contributed by atoms with Crippen molar-refractivity contribution in [2.24, 2.45) is 5.92 Å². The number of benzene rings is 1. The second-order valence-corrected chi connectivity index (χ2v) is 10.9. The Balaban J connectivity index is 1.34. The highest BCUT2D eigenvalue weighted by atomic mass is 16.2. The van der Waals surface area contributed by atoms with Crippen LogP contribution >= 0.6 is 0 Å². The van der Waals surface area contributed by atoms with Crippen LogP contribution in [0.2, 0.25) is 0 Å². The van der Waals surface area contributed by atoms with Gasteiger partial charge in [0.25, 0.3) is 0 Å². The third-order valence-corrected chi connectivity index (χ3v) is 8.77. The average Bonchev–Trinajstić information content (AvgIpc) is 3.62. The molecule has 35 heavy (non-hydrogen) atoms. The summed E-state index contributed by atoms with van der Waals surface area (Å²) >= 11 is 0. The largest absolute Gasteiger partial charge is 0.343 e. The van der Waals surface area contributed by atoms with E-state index in [1.807, 2.05) is 41.0 Å². The minimum absolute atomic E-state index is 0.0103. The second kappa shape index (κ2) is 9.75. The molecule has 1 aliphatic carbocycles. The van der Waals surface area contributed by atoms with Crippen molar-refractivity contribution in [2.45, 2.75) is 82.6 Å². The Morgan fingerprint density at radius 3 is 2.20 bits per heavy atom. The first-order chi connectivity index (χ1) is 16.9. The number of rotatable bonds is 5. The molecule has 1 aromatic carbocycles. The molecule has 3 saturated heterocycles. The Hall–Kier alpha value is -2.70. The van der Waals surface area contributed by atoms with E-state index in [9.17, 15) is 19.2 Å². The van der Waals surface area contributed by atoms with Gasteiger partial charge in [-0.05, 0) is 56.6 Å². The molecular weight excluding hydrogens is 442 g/mol. The molecule has 0 radical (unpaired) electrons. The van der Waals surface area contributed by atoms with Gasteiger partial charge in [-0.1, -0.05) is 37.1 Å². The van der Waals surface area contributed by atoms with E-state index in [1.54, 1.807) is 0 Å². The van der Waals surface area contributed by atoms with Crippen molar-refractivity contribution in [3.8, 4) is 0 Å². The lowest BCUT2D eigenvalue weighted by atomic mass is 9.73. The van der Waals surface area contributed by atoms with Gasteiger partial charge in [0.15, 0.2) is 0 Å². The number of carbonyl (C=O) groups is 4. The van der Waals surface area contributed by atoms with Gasteiger partial charge in [-0.25, -0.2) is 0 Å². The van der Waals surface area contributed by atoms with E-state index in [0.29, 0.717) is 25.9 Å². The molecule has 7 heteroatoms. The van der Waals surface area contributed by atoms with Crippen LogP contribution in [0, 0.1) is 12.8 Å². The zero-order chi connectivity index (χ0) is 24.6. The minimum Gasteiger partial charge on any atom is -0.343 e. The molecule has 4 fully saturated rings. The van der Waals surface area contributed by atoms with Crippen LogP contribution in [0.4, 0.5) is 0 Å². The highest BCUT2D eigenvalue weighted by Gasteiger charge is 2.56. The molecule has 7 nitrogen and oxygen atoms in total. The predicted molar refractivity (Wildman–Crippen MR) is 131 cm³/mol. The number of aryl methyl sites for hydroxylation is 1. The summed E-state index contributed by atoms with van der Waals surface area (Å²) in [5.74, 6) is -0.219. The van der Waals surface area contributed by atoms with Gasteiger partial charge in [0.1, 0.15) is 0 Å². The predicted octanol–water partition coefficient (Wildman–Crippen LogP) is 3.19. The number of amides is 4. The second-order valence-electron chi connectivity index (χ2n) is 10.9. The van der Waals surface area contributed by atoms with Crippen LogP contribution in [-0.4, -0.2) is 70.5 Å². The summed E-state index contributed by atoms with van der Waals surface area (Å²) in [6, 6.07) is 7.63. The van der Waals surface area contributed by atoms with Crippen molar-refractivity contribution < 1.29 is 19.2 Å². The third kappa shape index (κ3) is 4.38. The smallest absolute Gasteiger partial charge is 0.241 e. The molecule has 5 rings (SSSR count). The number of likely N-dealkylation sites (tertiary alicyclic amines) is 3. The molecule has 0 spiro atoms. The van der Waals surface area contributed by atoms with Crippen molar-refractivity contribution >= 4 is 23.6 Å². The van der Waals surface area contributed by atoms with Crippen LogP contribution in [0.1, 0.15) is 75.3 Å². The highest BCUT2D eigenvalue weighted by Crippen LogP contribution is 2.44. The van der Waals surface area contributed by atoms with Gasteiger partial charge in [-0.15, -0.1) is 0 Å². The van der Waals surface area contributed by atoms with Gasteiger partial charge in [0.05, 0.1) is 5.41 Å². The van der Waals surface area contributed by atoms with Crippen LogP contribution in [0.5, 0.6) is 0 Å². The summed E-state index contributed by atoms with van der Waals surface area (Å²) in [5.41, 5.74) is 0.598. The summed E-state index contributed by atoms with van der Waals surface area (Å²) in [6.07, 6.45) is 7.33. The monoisotopic (exact) mass is 479 g/mol. The van der Waals surface area contributed by atoms with Gasteiger partial charge in [0.2, 0.25) is 23.6 Å². The lowest BCUT2D eigenvalue weighted by Crippen LogP contribution is -2.48. The van der Waals surface area contributed by atoms with E-state index in [4.69, 9.17) is 0 Å². The molecule has 1 atom stereocenters. The first-order valence-electron chi connectivity index (χ1n) is 13.4. The van der Waals surface area contributed by atoms with Crippen molar-refractivity contribution in [3.63, 3.8) is 0 Å². The Bertz CT molecular complexity index is 1000. The first kappa shape index (κ1) is 24.0. The summed E-state index contributed by atoms with van der Waals surface area (Å²) in [6.45, 7) is 4.71. The molecule has 3 aliphatic heterocycles. The van der Waals surface area contributed by atoms with Gasteiger partial charge in [-0.2, -0.15) is 0 Å². The summed E-state index contributed by atoms with van der Waals surface area (Å²) < 4.78 is 0. The van der Waals surface area contributed by atoms with Gasteiger partial charge in [0, 0.05) is 51.0 Å². The molecule has 188 valence electrons. The number of imide groups is 1. The molecule has 1 unspecified atom stereocenters. The molecule has 1 aromatic rings. The highest BCUT2D eigenvalue weighted by molar-refractivity contribution is 6.11. The molecule has 4 amide bonds. The summed E-state index contributed by atoms with van der Waals surface area (Å²) in [5, 5.41) is 0. The van der Waals surface area contributed by atoms with E-state index < -0.39 is 5.41 Å². The van der Waals surface area contributed by atoms with Gasteiger partial charge < -0.3 is 9.80 Å². The van der Waals surface area contributed by atoms with Gasteiger partial charge in [-0.3, -0.25) is 24.1 Å². The average molecular weight is 480 g/mol. The first-order valence-corrected chi connectivity index (χ1v) is 13.4. The Labute approximate surface area is 207 Å². The van der Waals surface area contributed by atoms with Crippen molar-refractivity contribution in [1.82, 2.24) is 14.7 Å². The number of piperidine rings is 1. The third-order valence-electron chi connectivity index (χ3n) is 8.77. The lowest BCUT2D eigenvalue weighted by molar-refractivity contribution is -0.145. The van der Waals surface area contributed by atoms with Crippen LogP contribution in [0.15, 0.2) is 24.3 Å². The number of carbonyl (C=O) groups excluding carboxylic acids is 4. The van der Waals surface area contributed by atoms with Crippen molar-refractivity contribution in [1.29, 1.82) is 0 Å². The fourth-order valence-corrected chi connectivity index (χ4v) is 6.79. The molecule has 0 bridgehead atoms. The molecule has 0 N–H and O–H groups in total. The fourth-order valence-electron chi connectivity index (χ4n) is 6.79. The zero-order valence-corrected chi connectivity index (χ0v) is 20.8. The van der Waals surface area contributed by atoms with Crippen molar-refractivity contribution in [2.75, 3.05) is 26.2 Å². The topological polar surface area (TPSA) is 78.0 Å². The molecule has 3 heterocycles. The standard InChI is InChI=1S/C28H37N3O4/c1-20-8-2-5-11-23(20)28(19-25(33)31(27(28)35)22-9-3-4-10-22)18-24(32)29-16-12-21(13-17-29)26(34)30-14-6-7-15-30/h2,5,8,11,21-22H,3-4,6-7,9-10,12-19H2,1H3. The Kier molecular flexibility index (Phi) is 6.69. The maximum absolute atomic E-state index is 14.0. The van der Waals surface area contributed by atoms with E-state index in [-0.39, 0.29) is 48.4 Å².